The van der Waals surface area contributed by atoms with Crippen LogP contribution in [0.2, 0.25) is 5.02 Å². The Morgan fingerprint density at radius 2 is 1.62 bits per heavy atom. The zero-order valence-electron chi connectivity index (χ0n) is 22.6. The topological polar surface area (TPSA) is 96.0 Å². The van der Waals surface area contributed by atoms with Gasteiger partial charge in [-0.3, -0.25) is 13.9 Å². The summed E-state index contributed by atoms with van der Waals surface area (Å²) in [6.07, 6.45) is 0.325. The number of hydrogen-bond acceptors (Lipinski definition) is 5. The lowest BCUT2D eigenvalue weighted by molar-refractivity contribution is -0.140. The first-order valence-electron chi connectivity index (χ1n) is 12.7. The number of benzene rings is 3. The Morgan fingerprint density at radius 3 is 2.18 bits per heavy atom. The number of sulfonamides is 1. The summed E-state index contributed by atoms with van der Waals surface area (Å²) in [7, 11) is -2.66. The quantitative estimate of drug-likeness (QED) is 0.337. The van der Waals surface area contributed by atoms with Gasteiger partial charge in [-0.1, -0.05) is 54.4 Å². The van der Waals surface area contributed by atoms with E-state index in [1.807, 2.05) is 13.8 Å². The summed E-state index contributed by atoms with van der Waals surface area (Å²) in [6, 6.07) is 19.1. The van der Waals surface area contributed by atoms with Crippen molar-refractivity contribution in [1.29, 1.82) is 0 Å². The molecule has 39 heavy (non-hydrogen) atoms. The van der Waals surface area contributed by atoms with Crippen LogP contribution in [0.25, 0.3) is 0 Å². The highest BCUT2D eigenvalue weighted by Gasteiger charge is 2.33. The number of hydrogen-bond donors (Lipinski definition) is 1. The van der Waals surface area contributed by atoms with Gasteiger partial charge in [0.1, 0.15) is 18.3 Å². The van der Waals surface area contributed by atoms with Crippen LogP contribution in [-0.4, -0.2) is 51.4 Å². The third-order valence-corrected chi connectivity index (χ3v) is 8.41. The standard InChI is InChI=1S/C29H34ClN3O5S/c1-5-27(29(35)31-4)32(19-22-9-7-8-10-26(22)30)28(34)20-33(23-13-11-21(3)12-14-23)39(36,37)25-17-15-24(16-18-25)38-6-2/h7-18,27H,5-6,19-20H2,1-4H3,(H,31,35). The van der Waals surface area contributed by atoms with Crippen molar-refractivity contribution in [1.82, 2.24) is 10.2 Å². The summed E-state index contributed by atoms with van der Waals surface area (Å²) in [5.74, 6) is -0.355. The van der Waals surface area contributed by atoms with Gasteiger partial charge in [-0.05, 0) is 68.3 Å². The molecule has 0 fully saturated rings. The molecule has 1 unspecified atom stereocenters. The van der Waals surface area contributed by atoms with E-state index in [-0.39, 0.29) is 17.3 Å². The van der Waals surface area contributed by atoms with Crippen molar-refractivity contribution in [2.75, 3.05) is 24.5 Å². The van der Waals surface area contributed by atoms with Crippen molar-refractivity contribution >= 4 is 39.1 Å². The molecule has 0 radical (unpaired) electrons. The van der Waals surface area contributed by atoms with Gasteiger partial charge in [0, 0.05) is 18.6 Å². The third kappa shape index (κ3) is 7.30. The number of halogens is 1. The van der Waals surface area contributed by atoms with Crippen LogP contribution in [-0.2, 0) is 26.2 Å². The van der Waals surface area contributed by atoms with Crippen LogP contribution in [0.1, 0.15) is 31.4 Å². The van der Waals surface area contributed by atoms with Gasteiger partial charge in [-0.2, -0.15) is 0 Å². The fraction of sp³-hybridized carbons (Fsp3) is 0.310. The van der Waals surface area contributed by atoms with E-state index in [1.165, 1.54) is 24.1 Å². The van der Waals surface area contributed by atoms with Crippen molar-refractivity contribution in [3.05, 3.63) is 88.9 Å². The molecular formula is C29H34ClN3O5S. The van der Waals surface area contributed by atoms with E-state index in [0.29, 0.717) is 35.1 Å². The summed E-state index contributed by atoms with van der Waals surface area (Å²) in [5, 5.41) is 3.05. The van der Waals surface area contributed by atoms with Crippen LogP contribution >= 0.6 is 11.6 Å². The van der Waals surface area contributed by atoms with E-state index >= 15 is 0 Å². The average molecular weight is 572 g/mol. The largest absolute Gasteiger partial charge is 0.494 e. The van der Waals surface area contributed by atoms with E-state index in [0.717, 1.165) is 9.87 Å². The lowest BCUT2D eigenvalue weighted by Crippen LogP contribution is -2.51. The van der Waals surface area contributed by atoms with E-state index < -0.39 is 28.5 Å². The van der Waals surface area contributed by atoms with Gasteiger partial charge < -0.3 is 15.0 Å². The molecule has 8 nitrogen and oxygen atoms in total. The van der Waals surface area contributed by atoms with E-state index in [4.69, 9.17) is 16.3 Å². The molecular weight excluding hydrogens is 538 g/mol. The second-order valence-corrected chi connectivity index (χ2v) is 11.2. The van der Waals surface area contributed by atoms with Gasteiger partial charge in [0.05, 0.1) is 17.2 Å². The number of nitrogens with one attached hydrogen (secondary N) is 1. The Balaban J connectivity index is 2.05. The Morgan fingerprint density at radius 1 is 0.974 bits per heavy atom. The summed E-state index contributed by atoms with van der Waals surface area (Å²) in [6.45, 7) is 5.49. The lowest BCUT2D eigenvalue weighted by Gasteiger charge is -2.33. The number of ether oxygens (including phenoxy) is 1. The molecule has 0 aliphatic heterocycles. The first-order chi connectivity index (χ1) is 18.6. The molecule has 0 aliphatic carbocycles. The highest BCUT2D eigenvalue weighted by Crippen LogP contribution is 2.27. The lowest BCUT2D eigenvalue weighted by atomic mass is 10.1. The molecule has 2 amide bonds. The van der Waals surface area contributed by atoms with Gasteiger partial charge in [0.2, 0.25) is 11.8 Å². The Hall–Kier alpha value is -3.56. The molecule has 0 aromatic heterocycles. The van der Waals surface area contributed by atoms with Gasteiger partial charge >= 0.3 is 0 Å². The smallest absolute Gasteiger partial charge is 0.264 e. The summed E-state index contributed by atoms with van der Waals surface area (Å²) in [4.78, 5) is 28.1. The molecule has 0 spiro atoms. The Labute approximate surface area is 235 Å². The fourth-order valence-electron chi connectivity index (χ4n) is 4.14. The van der Waals surface area contributed by atoms with Gasteiger partial charge in [-0.25, -0.2) is 8.42 Å². The van der Waals surface area contributed by atoms with Crippen LogP contribution in [0.5, 0.6) is 5.75 Å². The van der Waals surface area contributed by atoms with Crippen molar-refractivity contribution in [2.24, 2.45) is 0 Å². The minimum atomic E-state index is -4.16. The maximum atomic E-state index is 13.9. The number of amides is 2. The van der Waals surface area contributed by atoms with E-state index in [9.17, 15) is 18.0 Å². The second-order valence-electron chi connectivity index (χ2n) is 8.90. The first kappa shape index (κ1) is 30.0. The molecule has 0 heterocycles. The van der Waals surface area contributed by atoms with Crippen molar-refractivity contribution in [3.8, 4) is 5.75 Å². The van der Waals surface area contributed by atoms with Gasteiger partial charge in [0.25, 0.3) is 10.0 Å². The number of aryl methyl sites for hydroxylation is 1. The molecule has 3 aromatic rings. The fourth-order valence-corrected chi connectivity index (χ4v) is 5.75. The number of anilines is 1. The molecule has 0 saturated carbocycles. The number of likely N-dealkylation sites (N-methyl/N-ethyl adjacent to an activating group) is 1. The molecule has 10 heteroatoms. The summed E-state index contributed by atoms with van der Waals surface area (Å²) < 4.78 is 34.3. The predicted molar refractivity (Wildman–Crippen MR) is 153 cm³/mol. The highest BCUT2D eigenvalue weighted by molar-refractivity contribution is 7.92. The molecule has 0 bridgehead atoms. The zero-order valence-corrected chi connectivity index (χ0v) is 24.1. The molecule has 1 atom stereocenters. The summed E-state index contributed by atoms with van der Waals surface area (Å²) >= 11 is 6.38. The molecule has 1 N–H and O–H groups in total. The van der Waals surface area contributed by atoms with Crippen LogP contribution in [0.15, 0.2) is 77.7 Å². The Bertz CT molecular complexity index is 1380. The van der Waals surface area contributed by atoms with Gasteiger partial charge in [0.15, 0.2) is 0 Å². The minimum absolute atomic E-state index is 0.00956. The number of rotatable bonds is 12. The zero-order chi connectivity index (χ0) is 28.6. The van der Waals surface area contributed by atoms with Crippen LogP contribution < -0.4 is 14.4 Å². The number of carbonyl (C=O) groups is 2. The molecule has 3 aromatic carbocycles. The molecule has 0 saturated heterocycles. The first-order valence-corrected chi connectivity index (χ1v) is 14.5. The van der Waals surface area contributed by atoms with Crippen molar-refractivity contribution in [2.45, 2.75) is 44.7 Å². The average Bonchev–Trinajstić information content (AvgIpc) is 2.93. The van der Waals surface area contributed by atoms with Crippen LogP contribution in [0.3, 0.4) is 0 Å². The molecule has 0 aliphatic rings. The van der Waals surface area contributed by atoms with Gasteiger partial charge in [-0.15, -0.1) is 0 Å². The Kier molecular flexibility index (Phi) is 10.4. The monoisotopic (exact) mass is 571 g/mol. The SMILES string of the molecule is CCOc1ccc(S(=O)(=O)N(CC(=O)N(Cc2ccccc2Cl)C(CC)C(=O)NC)c2ccc(C)cc2)cc1. The normalized spacial score (nSPS) is 11.9. The summed E-state index contributed by atoms with van der Waals surface area (Å²) in [5.41, 5.74) is 1.91. The maximum absolute atomic E-state index is 13.9. The van der Waals surface area contributed by atoms with E-state index in [2.05, 4.69) is 5.32 Å². The molecule has 208 valence electrons. The second kappa shape index (κ2) is 13.5. The highest BCUT2D eigenvalue weighted by atomic mass is 35.5. The van der Waals surface area contributed by atoms with E-state index in [1.54, 1.807) is 67.6 Å². The van der Waals surface area contributed by atoms with Crippen molar-refractivity contribution < 1.29 is 22.7 Å². The number of nitrogens with zero attached hydrogens (tertiary/aromatic N) is 2. The number of carbonyl (C=O) groups excluding carboxylic acids is 2. The maximum Gasteiger partial charge on any atom is 0.264 e. The third-order valence-electron chi connectivity index (χ3n) is 6.25. The van der Waals surface area contributed by atoms with Crippen molar-refractivity contribution in [3.63, 3.8) is 0 Å². The van der Waals surface area contributed by atoms with Crippen LogP contribution in [0.4, 0.5) is 5.69 Å². The molecule has 3 rings (SSSR count). The van der Waals surface area contributed by atoms with Crippen LogP contribution in [0, 0.1) is 6.92 Å². The minimum Gasteiger partial charge on any atom is -0.494 e. The predicted octanol–water partition coefficient (Wildman–Crippen LogP) is 4.80.